The SMILES string of the molecule is COC(C)(C)c1ccc(S(=O)O)cc1. The molecule has 0 amide bonds. The van der Waals surface area contributed by atoms with E-state index in [0.29, 0.717) is 4.90 Å². The van der Waals surface area contributed by atoms with Crippen LogP contribution in [0.15, 0.2) is 29.2 Å². The van der Waals surface area contributed by atoms with Crippen LogP contribution in [0.25, 0.3) is 0 Å². The molecule has 0 fully saturated rings. The zero-order valence-corrected chi connectivity index (χ0v) is 9.30. The molecule has 0 aliphatic rings. The lowest BCUT2D eigenvalue weighted by Crippen LogP contribution is -2.19. The van der Waals surface area contributed by atoms with Crippen LogP contribution in [-0.4, -0.2) is 15.9 Å². The molecule has 1 unspecified atom stereocenters. The van der Waals surface area contributed by atoms with Gasteiger partial charge in [0.05, 0.1) is 10.5 Å². The Bertz CT molecular complexity index is 330. The molecule has 1 atom stereocenters. The van der Waals surface area contributed by atoms with Crippen molar-refractivity contribution in [2.24, 2.45) is 0 Å². The number of rotatable bonds is 3. The van der Waals surface area contributed by atoms with Crippen molar-refractivity contribution >= 4 is 11.1 Å². The van der Waals surface area contributed by atoms with Gasteiger partial charge in [0.2, 0.25) is 0 Å². The van der Waals surface area contributed by atoms with Gasteiger partial charge in [-0.25, -0.2) is 4.21 Å². The zero-order chi connectivity index (χ0) is 10.8. The van der Waals surface area contributed by atoms with Crippen LogP contribution in [0.2, 0.25) is 0 Å². The molecule has 0 radical (unpaired) electrons. The molecule has 0 aromatic heterocycles. The summed E-state index contributed by atoms with van der Waals surface area (Å²) >= 11 is -1.91. The van der Waals surface area contributed by atoms with Gasteiger partial charge in [-0.15, -0.1) is 0 Å². The standard InChI is InChI=1S/C10H14O3S/c1-10(2,13-3)8-4-6-9(7-5-8)14(11)12/h4-7H,1-3H3,(H,11,12). The summed E-state index contributed by atoms with van der Waals surface area (Å²) < 4.78 is 24.8. The lowest BCUT2D eigenvalue weighted by Gasteiger charge is -2.23. The van der Waals surface area contributed by atoms with Gasteiger partial charge in [0.1, 0.15) is 0 Å². The van der Waals surface area contributed by atoms with Gasteiger partial charge in [0.15, 0.2) is 11.1 Å². The molecule has 0 saturated carbocycles. The summed E-state index contributed by atoms with van der Waals surface area (Å²) in [6.45, 7) is 3.88. The van der Waals surface area contributed by atoms with Crippen molar-refractivity contribution in [3.63, 3.8) is 0 Å². The van der Waals surface area contributed by atoms with E-state index in [1.54, 1.807) is 31.4 Å². The number of hydrogen-bond donors (Lipinski definition) is 1. The Balaban J connectivity index is 2.99. The van der Waals surface area contributed by atoms with Gasteiger partial charge in [-0.05, 0) is 31.5 Å². The molecule has 4 heteroatoms. The third-order valence-corrected chi connectivity index (χ3v) is 2.94. The minimum atomic E-state index is -1.91. The van der Waals surface area contributed by atoms with Gasteiger partial charge in [-0.2, -0.15) is 0 Å². The molecule has 1 rings (SSSR count). The van der Waals surface area contributed by atoms with Gasteiger partial charge in [-0.1, -0.05) is 12.1 Å². The van der Waals surface area contributed by atoms with E-state index in [9.17, 15) is 4.21 Å². The van der Waals surface area contributed by atoms with Crippen molar-refractivity contribution in [1.82, 2.24) is 0 Å². The molecule has 78 valence electrons. The van der Waals surface area contributed by atoms with Crippen molar-refractivity contribution in [3.8, 4) is 0 Å². The molecule has 0 spiro atoms. The highest BCUT2D eigenvalue weighted by Crippen LogP contribution is 2.24. The van der Waals surface area contributed by atoms with E-state index in [1.165, 1.54) is 0 Å². The van der Waals surface area contributed by atoms with Crippen molar-refractivity contribution in [3.05, 3.63) is 29.8 Å². The van der Waals surface area contributed by atoms with Gasteiger partial charge >= 0.3 is 0 Å². The van der Waals surface area contributed by atoms with E-state index in [0.717, 1.165) is 5.56 Å². The van der Waals surface area contributed by atoms with Crippen LogP contribution in [0, 0.1) is 0 Å². The molecule has 3 nitrogen and oxygen atoms in total. The van der Waals surface area contributed by atoms with Crippen LogP contribution in [-0.2, 0) is 21.4 Å². The zero-order valence-electron chi connectivity index (χ0n) is 8.48. The van der Waals surface area contributed by atoms with Crippen LogP contribution in [0.4, 0.5) is 0 Å². The summed E-state index contributed by atoms with van der Waals surface area (Å²) in [6, 6.07) is 6.86. The Morgan fingerprint density at radius 3 is 2.14 bits per heavy atom. The third-order valence-electron chi connectivity index (χ3n) is 2.26. The van der Waals surface area contributed by atoms with E-state index in [-0.39, 0.29) is 5.60 Å². The number of benzene rings is 1. The number of ether oxygens (including phenoxy) is 1. The monoisotopic (exact) mass is 214 g/mol. The smallest absolute Gasteiger partial charge is 0.186 e. The second-order valence-electron chi connectivity index (χ2n) is 3.49. The summed E-state index contributed by atoms with van der Waals surface area (Å²) in [5, 5.41) is 0. The maximum absolute atomic E-state index is 10.7. The average molecular weight is 214 g/mol. The number of hydrogen-bond acceptors (Lipinski definition) is 2. The molecule has 1 aromatic carbocycles. The highest BCUT2D eigenvalue weighted by molar-refractivity contribution is 7.79. The maximum Gasteiger partial charge on any atom is 0.186 e. The van der Waals surface area contributed by atoms with Gasteiger partial charge < -0.3 is 9.29 Å². The molecule has 0 heterocycles. The van der Waals surface area contributed by atoms with E-state index < -0.39 is 11.1 Å². The summed E-state index contributed by atoms with van der Waals surface area (Å²) in [5.74, 6) is 0. The average Bonchev–Trinajstić information content (AvgIpc) is 2.18. The first-order valence-electron chi connectivity index (χ1n) is 4.24. The first-order chi connectivity index (χ1) is 6.47. The largest absolute Gasteiger partial charge is 0.374 e. The van der Waals surface area contributed by atoms with Crippen molar-refractivity contribution in [1.29, 1.82) is 0 Å². The molecule has 0 bridgehead atoms. The van der Waals surface area contributed by atoms with Gasteiger partial charge in [0.25, 0.3) is 0 Å². The second kappa shape index (κ2) is 4.21. The minimum absolute atomic E-state index is 0.366. The van der Waals surface area contributed by atoms with Gasteiger partial charge in [0, 0.05) is 7.11 Å². The summed E-state index contributed by atoms with van der Waals surface area (Å²) in [7, 11) is 1.64. The Morgan fingerprint density at radius 1 is 1.29 bits per heavy atom. The second-order valence-corrected chi connectivity index (χ2v) is 4.46. The quantitative estimate of drug-likeness (QED) is 0.784. The summed E-state index contributed by atoms with van der Waals surface area (Å²) in [4.78, 5) is 0.403. The molecular formula is C10H14O3S. The molecule has 0 aliphatic heterocycles. The third kappa shape index (κ3) is 2.41. The first kappa shape index (κ1) is 11.4. The topological polar surface area (TPSA) is 46.5 Å². The molecule has 0 saturated heterocycles. The highest BCUT2D eigenvalue weighted by Gasteiger charge is 2.19. The van der Waals surface area contributed by atoms with Crippen LogP contribution in [0.5, 0.6) is 0 Å². The van der Waals surface area contributed by atoms with E-state index in [4.69, 9.17) is 9.29 Å². The van der Waals surface area contributed by atoms with Crippen molar-refractivity contribution in [2.45, 2.75) is 24.3 Å². The molecule has 0 aliphatic carbocycles. The summed E-state index contributed by atoms with van der Waals surface area (Å²) in [5.41, 5.74) is 0.615. The fourth-order valence-corrected chi connectivity index (χ4v) is 1.46. The van der Waals surface area contributed by atoms with Crippen LogP contribution in [0.3, 0.4) is 0 Å². The first-order valence-corrected chi connectivity index (χ1v) is 5.34. The van der Waals surface area contributed by atoms with Crippen LogP contribution < -0.4 is 0 Å². The molecular weight excluding hydrogens is 200 g/mol. The fourth-order valence-electron chi connectivity index (χ4n) is 1.09. The van der Waals surface area contributed by atoms with Crippen molar-refractivity contribution in [2.75, 3.05) is 7.11 Å². The Hall–Kier alpha value is -0.710. The predicted molar refractivity (Wildman–Crippen MR) is 55.5 cm³/mol. The number of methoxy groups -OCH3 is 1. The summed E-state index contributed by atoms with van der Waals surface area (Å²) in [6.07, 6.45) is 0. The van der Waals surface area contributed by atoms with Gasteiger partial charge in [-0.3, -0.25) is 0 Å². The minimum Gasteiger partial charge on any atom is -0.374 e. The van der Waals surface area contributed by atoms with Crippen LogP contribution >= 0.6 is 0 Å². The van der Waals surface area contributed by atoms with E-state index >= 15 is 0 Å². The molecule has 1 N–H and O–H groups in total. The molecule has 1 aromatic rings. The Labute approximate surface area is 86.4 Å². The lowest BCUT2D eigenvalue weighted by molar-refractivity contribution is 0.0192. The normalized spacial score (nSPS) is 14.0. The molecule has 14 heavy (non-hydrogen) atoms. The lowest BCUT2D eigenvalue weighted by atomic mass is 9.98. The Morgan fingerprint density at radius 2 is 1.79 bits per heavy atom. The van der Waals surface area contributed by atoms with E-state index in [2.05, 4.69) is 0 Å². The Kier molecular flexibility index (Phi) is 3.42. The predicted octanol–water partition coefficient (Wildman–Crippen LogP) is 2.15. The maximum atomic E-state index is 10.7. The van der Waals surface area contributed by atoms with E-state index in [1.807, 2.05) is 13.8 Å². The fraction of sp³-hybridized carbons (Fsp3) is 0.400. The van der Waals surface area contributed by atoms with Crippen LogP contribution in [0.1, 0.15) is 19.4 Å². The van der Waals surface area contributed by atoms with Crippen molar-refractivity contribution < 1.29 is 13.5 Å². The highest BCUT2D eigenvalue weighted by atomic mass is 32.2.